The molecule has 0 radical (unpaired) electrons. The highest BCUT2D eigenvalue weighted by atomic mass is 35.5. The molecular weight excluding hydrogens is 278 g/mol. The molecule has 0 bridgehead atoms. The van der Waals surface area contributed by atoms with Gasteiger partial charge in [0.1, 0.15) is 17.6 Å². The maximum absolute atomic E-state index is 5.97. The number of nitrogens with one attached hydrogen (secondary N) is 1. The minimum atomic E-state index is 0.367. The average molecular weight is 296 g/mol. The predicted molar refractivity (Wildman–Crippen MR) is 77.8 cm³/mol. The number of aromatic nitrogens is 4. The van der Waals surface area contributed by atoms with Crippen molar-refractivity contribution >= 4 is 17.4 Å². The molecule has 2 rings (SSSR count). The molecule has 0 aliphatic carbocycles. The molecule has 0 amide bonds. The number of hydrogen-bond donors (Lipinski definition) is 1. The molecule has 2 aromatic heterocycles. The van der Waals surface area contributed by atoms with E-state index in [0.29, 0.717) is 30.0 Å². The third kappa shape index (κ3) is 4.47. The molecule has 6 nitrogen and oxygen atoms in total. The summed E-state index contributed by atoms with van der Waals surface area (Å²) in [6, 6.07) is 3.70. The summed E-state index contributed by atoms with van der Waals surface area (Å²) in [5.74, 6) is 1.29. The number of ether oxygens (including phenoxy) is 1. The van der Waals surface area contributed by atoms with Gasteiger partial charge in [0, 0.05) is 38.9 Å². The Labute approximate surface area is 123 Å². The van der Waals surface area contributed by atoms with E-state index in [-0.39, 0.29) is 0 Å². The van der Waals surface area contributed by atoms with Crippen LogP contribution in [0.15, 0.2) is 18.3 Å². The monoisotopic (exact) mass is 295 g/mol. The Bertz CT molecular complexity index is 557. The van der Waals surface area contributed by atoms with Crippen molar-refractivity contribution in [2.75, 3.05) is 18.5 Å². The van der Waals surface area contributed by atoms with Crippen LogP contribution in [0.1, 0.15) is 18.4 Å². The van der Waals surface area contributed by atoms with Gasteiger partial charge >= 0.3 is 0 Å². The molecule has 0 fully saturated rings. The van der Waals surface area contributed by atoms with E-state index in [0.717, 1.165) is 18.7 Å². The molecule has 0 saturated carbocycles. The van der Waals surface area contributed by atoms with Crippen molar-refractivity contribution in [1.29, 1.82) is 0 Å². The summed E-state index contributed by atoms with van der Waals surface area (Å²) in [6.07, 6.45) is 2.75. The molecule has 0 unspecified atom stereocenters. The Hall–Kier alpha value is -1.66. The minimum Gasteiger partial charge on any atom is -0.374 e. The smallest absolute Gasteiger partial charge is 0.158 e. The van der Waals surface area contributed by atoms with Crippen LogP contribution in [0.25, 0.3) is 0 Å². The van der Waals surface area contributed by atoms with E-state index >= 15 is 0 Å². The van der Waals surface area contributed by atoms with E-state index in [1.54, 1.807) is 10.7 Å². The number of nitrogens with zero attached hydrogens (tertiary/aromatic N) is 4. The second-order valence-corrected chi connectivity index (χ2v) is 4.67. The Morgan fingerprint density at radius 2 is 2.25 bits per heavy atom. The van der Waals surface area contributed by atoms with Crippen LogP contribution in [0.4, 0.5) is 5.82 Å². The van der Waals surface area contributed by atoms with Gasteiger partial charge in [-0.15, -0.1) is 0 Å². The molecule has 0 saturated heterocycles. The first-order chi connectivity index (χ1) is 9.67. The third-order valence-corrected chi connectivity index (χ3v) is 2.83. The molecule has 1 N–H and O–H groups in total. The fourth-order valence-corrected chi connectivity index (χ4v) is 1.93. The van der Waals surface area contributed by atoms with Crippen molar-refractivity contribution in [3.05, 3.63) is 35.0 Å². The Morgan fingerprint density at radius 3 is 2.95 bits per heavy atom. The summed E-state index contributed by atoms with van der Waals surface area (Å²) in [5, 5.41) is 7.95. The highest BCUT2D eigenvalue weighted by Gasteiger charge is 2.04. The van der Waals surface area contributed by atoms with Crippen LogP contribution in [-0.2, 0) is 24.8 Å². The Balaban J connectivity index is 1.89. The molecule has 0 aliphatic rings. The van der Waals surface area contributed by atoms with E-state index in [4.69, 9.17) is 16.3 Å². The van der Waals surface area contributed by atoms with Crippen molar-refractivity contribution in [2.24, 2.45) is 7.05 Å². The van der Waals surface area contributed by atoms with Crippen LogP contribution in [-0.4, -0.2) is 32.9 Å². The van der Waals surface area contributed by atoms with Crippen molar-refractivity contribution < 1.29 is 4.74 Å². The van der Waals surface area contributed by atoms with Gasteiger partial charge in [0.05, 0.1) is 5.69 Å². The molecule has 2 aromatic rings. The number of hydrogen-bond acceptors (Lipinski definition) is 5. The van der Waals surface area contributed by atoms with Crippen molar-refractivity contribution in [3.8, 4) is 0 Å². The zero-order valence-corrected chi connectivity index (χ0v) is 12.4. The lowest BCUT2D eigenvalue weighted by Crippen LogP contribution is -2.09. The number of anilines is 1. The Kier molecular flexibility index (Phi) is 5.31. The molecule has 108 valence electrons. The van der Waals surface area contributed by atoms with Crippen LogP contribution < -0.4 is 5.32 Å². The molecule has 0 spiro atoms. The summed E-state index contributed by atoms with van der Waals surface area (Å²) >= 11 is 5.97. The maximum atomic E-state index is 5.97. The maximum Gasteiger partial charge on any atom is 0.158 e. The molecular formula is C13H18ClN5O. The first-order valence-electron chi connectivity index (χ1n) is 6.51. The zero-order valence-electron chi connectivity index (χ0n) is 11.6. The lowest BCUT2D eigenvalue weighted by molar-refractivity contribution is 0.128. The molecule has 0 aliphatic heterocycles. The van der Waals surface area contributed by atoms with E-state index in [9.17, 15) is 0 Å². The molecule has 0 atom stereocenters. The highest BCUT2D eigenvalue weighted by molar-refractivity contribution is 6.29. The first-order valence-corrected chi connectivity index (χ1v) is 6.88. The van der Waals surface area contributed by atoms with Gasteiger partial charge in [-0.2, -0.15) is 5.10 Å². The molecule has 20 heavy (non-hydrogen) atoms. The number of halogens is 1. The van der Waals surface area contributed by atoms with Crippen LogP contribution in [0, 0.1) is 0 Å². The van der Waals surface area contributed by atoms with Gasteiger partial charge < -0.3 is 10.1 Å². The van der Waals surface area contributed by atoms with Crippen molar-refractivity contribution in [2.45, 2.75) is 20.0 Å². The standard InChI is InChI=1S/C13H18ClN5O/c1-3-20-9-13-16-11(14)8-12(17-13)15-6-4-10-5-7-19(2)18-10/h5,7-8H,3-4,6,9H2,1-2H3,(H,15,16,17). The zero-order chi connectivity index (χ0) is 14.4. The van der Waals surface area contributed by atoms with Gasteiger partial charge in [0.25, 0.3) is 0 Å². The van der Waals surface area contributed by atoms with E-state index in [1.165, 1.54) is 0 Å². The molecule has 7 heteroatoms. The minimum absolute atomic E-state index is 0.367. The summed E-state index contributed by atoms with van der Waals surface area (Å²) in [6.45, 7) is 3.65. The van der Waals surface area contributed by atoms with Crippen molar-refractivity contribution in [1.82, 2.24) is 19.7 Å². The summed E-state index contributed by atoms with van der Waals surface area (Å²) in [4.78, 5) is 8.46. The molecule has 2 heterocycles. The predicted octanol–water partition coefficient (Wildman–Crippen LogP) is 2.05. The second-order valence-electron chi connectivity index (χ2n) is 4.29. The van der Waals surface area contributed by atoms with Crippen LogP contribution in [0.5, 0.6) is 0 Å². The van der Waals surface area contributed by atoms with E-state index in [2.05, 4.69) is 20.4 Å². The molecule has 0 aromatic carbocycles. The Morgan fingerprint density at radius 1 is 1.40 bits per heavy atom. The summed E-state index contributed by atoms with van der Waals surface area (Å²) in [5.41, 5.74) is 1.04. The lowest BCUT2D eigenvalue weighted by atomic mass is 10.3. The second kappa shape index (κ2) is 7.21. The van der Waals surface area contributed by atoms with Crippen LogP contribution >= 0.6 is 11.6 Å². The fraction of sp³-hybridized carbons (Fsp3) is 0.462. The largest absolute Gasteiger partial charge is 0.374 e. The van der Waals surface area contributed by atoms with Gasteiger partial charge in [-0.3, -0.25) is 4.68 Å². The van der Waals surface area contributed by atoms with E-state index < -0.39 is 0 Å². The van der Waals surface area contributed by atoms with Gasteiger partial charge in [0.15, 0.2) is 5.82 Å². The highest BCUT2D eigenvalue weighted by Crippen LogP contribution is 2.12. The quantitative estimate of drug-likeness (QED) is 0.792. The van der Waals surface area contributed by atoms with Crippen LogP contribution in [0.2, 0.25) is 5.15 Å². The summed E-state index contributed by atoms with van der Waals surface area (Å²) < 4.78 is 7.07. The van der Waals surface area contributed by atoms with Crippen LogP contribution in [0.3, 0.4) is 0 Å². The van der Waals surface area contributed by atoms with Gasteiger partial charge in [0.2, 0.25) is 0 Å². The van der Waals surface area contributed by atoms with Gasteiger partial charge in [-0.05, 0) is 13.0 Å². The number of rotatable bonds is 7. The third-order valence-electron chi connectivity index (χ3n) is 2.63. The summed E-state index contributed by atoms with van der Waals surface area (Å²) in [7, 11) is 1.90. The van der Waals surface area contributed by atoms with E-state index in [1.807, 2.05) is 26.2 Å². The number of aryl methyl sites for hydroxylation is 1. The normalized spacial score (nSPS) is 10.8. The van der Waals surface area contributed by atoms with Crippen molar-refractivity contribution in [3.63, 3.8) is 0 Å². The topological polar surface area (TPSA) is 64.9 Å². The first kappa shape index (κ1) is 14.7. The fourth-order valence-electron chi connectivity index (χ4n) is 1.73. The lowest BCUT2D eigenvalue weighted by Gasteiger charge is -2.07. The van der Waals surface area contributed by atoms with Gasteiger partial charge in [-0.25, -0.2) is 9.97 Å². The van der Waals surface area contributed by atoms with Gasteiger partial charge in [-0.1, -0.05) is 11.6 Å². The average Bonchev–Trinajstić information content (AvgIpc) is 2.81. The SMILES string of the molecule is CCOCc1nc(Cl)cc(NCCc2ccn(C)n2)n1.